The fourth-order valence-corrected chi connectivity index (χ4v) is 2.87. The highest BCUT2D eigenvalue weighted by molar-refractivity contribution is 5.72. The molecule has 0 amide bonds. The molecule has 8 nitrogen and oxygen atoms in total. The van der Waals surface area contributed by atoms with Crippen LogP contribution in [-0.2, 0) is 14.2 Å². The molecule has 0 bridgehead atoms. The lowest BCUT2D eigenvalue weighted by molar-refractivity contribution is -0.0253. The van der Waals surface area contributed by atoms with Crippen LogP contribution in [-0.4, -0.2) is 69.3 Å². The minimum Gasteiger partial charge on any atom is -0.378 e. The van der Waals surface area contributed by atoms with Crippen LogP contribution >= 0.6 is 0 Å². The van der Waals surface area contributed by atoms with Gasteiger partial charge in [-0.3, -0.25) is 0 Å². The number of morpholine rings is 1. The summed E-state index contributed by atoms with van der Waals surface area (Å²) in [5, 5.41) is 2.92. The summed E-state index contributed by atoms with van der Waals surface area (Å²) in [5.41, 5.74) is 1.06. The van der Waals surface area contributed by atoms with Crippen LogP contribution in [0.1, 0.15) is 20.8 Å². The van der Waals surface area contributed by atoms with Crippen molar-refractivity contribution in [2.75, 3.05) is 62.0 Å². The highest BCUT2D eigenvalue weighted by atomic mass is 16.5. The van der Waals surface area contributed by atoms with E-state index in [0.717, 1.165) is 0 Å². The summed E-state index contributed by atoms with van der Waals surface area (Å²) >= 11 is 0. The van der Waals surface area contributed by atoms with Gasteiger partial charge in [0.05, 0.1) is 27.1 Å². The number of hydrogen-bond donors (Lipinski definition) is 1. The molecule has 0 saturated carbocycles. The molecule has 128 valence electrons. The Labute approximate surface area is 145 Å². The van der Waals surface area contributed by atoms with Crippen molar-refractivity contribution < 1.29 is 22.4 Å². The highest BCUT2D eigenvalue weighted by Crippen LogP contribution is 2.35. The summed E-state index contributed by atoms with van der Waals surface area (Å²) in [4.78, 5) is 12.7. The fourth-order valence-electron chi connectivity index (χ4n) is 2.87. The SMILES string of the molecule is [2H]C([2H])([2H])OC1Nc2c(C)nc(N3CCOCC3)nc2N(CC)C1OC([2H])([2H])[2H]. The first-order valence-corrected chi connectivity index (χ1v) is 7.58. The maximum Gasteiger partial charge on any atom is 0.227 e. The molecular weight excluding hydrogens is 298 g/mol. The van der Waals surface area contributed by atoms with Gasteiger partial charge in [0.2, 0.25) is 5.95 Å². The summed E-state index contributed by atoms with van der Waals surface area (Å²) in [7, 11) is -5.52. The number of aryl methyl sites for hydroxylation is 1. The van der Waals surface area contributed by atoms with Crippen LogP contribution < -0.4 is 15.1 Å². The van der Waals surface area contributed by atoms with E-state index >= 15 is 0 Å². The van der Waals surface area contributed by atoms with Crippen molar-refractivity contribution in [2.24, 2.45) is 0 Å². The molecule has 0 aliphatic carbocycles. The van der Waals surface area contributed by atoms with Gasteiger partial charge in [-0.1, -0.05) is 0 Å². The standard InChI is InChI=1S/C15H25N5O3/c1-5-20-12-11(17-13(21-3)14(20)22-4)10(2)16-15(18-12)19-6-8-23-9-7-19/h13-14,17H,5-9H2,1-4H3/i3D3,4D3. The third-order valence-electron chi connectivity index (χ3n) is 4.07. The monoisotopic (exact) mass is 329 g/mol. The van der Waals surface area contributed by atoms with Crippen LogP contribution in [0.4, 0.5) is 17.5 Å². The predicted octanol–water partition coefficient (Wildman–Crippen LogP) is 0.818. The second-order valence-electron chi connectivity index (χ2n) is 5.38. The zero-order valence-corrected chi connectivity index (χ0v) is 13.2. The molecule has 23 heavy (non-hydrogen) atoms. The number of rotatable bonds is 4. The smallest absolute Gasteiger partial charge is 0.227 e. The molecule has 3 rings (SSSR count). The number of nitrogens with zero attached hydrogens (tertiary/aromatic N) is 4. The number of nitrogens with one attached hydrogen (secondary N) is 1. The molecule has 2 aliphatic rings. The van der Waals surface area contributed by atoms with Crippen molar-refractivity contribution in [3.63, 3.8) is 0 Å². The summed E-state index contributed by atoms with van der Waals surface area (Å²) in [6, 6.07) is 0. The molecule has 1 saturated heterocycles. The minimum atomic E-state index is -2.76. The van der Waals surface area contributed by atoms with E-state index < -0.39 is 26.5 Å². The van der Waals surface area contributed by atoms with Gasteiger partial charge in [-0.05, 0) is 13.8 Å². The quantitative estimate of drug-likeness (QED) is 0.870. The molecule has 1 aromatic heterocycles. The van der Waals surface area contributed by atoms with E-state index in [0.29, 0.717) is 56.0 Å². The minimum absolute atomic E-state index is 0.315. The van der Waals surface area contributed by atoms with Crippen molar-refractivity contribution >= 4 is 17.5 Å². The molecular formula is C15H25N5O3. The molecule has 0 spiro atoms. The van der Waals surface area contributed by atoms with Gasteiger partial charge in [-0.15, -0.1) is 0 Å². The van der Waals surface area contributed by atoms with Gasteiger partial charge in [0.15, 0.2) is 18.3 Å². The lowest BCUT2D eigenvalue weighted by Crippen LogP contribution is -2.53. The van der Waals surface area contributed by atoms with Gasteiger partial charge < -0.3 is 29.3 Å². The highest BCUT2D eigenvalue weighted by Gasteiger charge is 2.36. The number of methoxy groups -OCH3 is 2. The van der Waals surface area contributed by atoms with E-state index in [-0.39, 0.29) is 0 Å². The van der Waals surface area contributed by atoms with E-state index in [1.807, 2.05) is 4.90 Å². The molecule has 2 aliphatic heterocycles. The first-order chi connectivity index (χ1) is 13.5. The maximum absolute atomic E-state index is 7.49. The first-order valence-electron chi connectivity index (χ1n) is 10.6. The second kappa shape index (κ2) is 6.86. The molecule has 3 heterocycles. The molecule has 0 aromatic carbocycles. The van der Waals surface area contributed by atoms with Crippen LogP contribution in [0.2, 0.25) is 0 Å². The van der Waals surface area contributed by atoms with Crippen molar-refractivity contribution in [2.45, 2.75) is 26.3 Å². The molecule has 1 fully saturated rings. The van der Waals surface area contributed by atoms with Gasteiger partial charge in [0, 0.05) is 33.7 Å². The molecule has 8 heteroatoms. The first kappa shape index (κ1) is 10.3. The van der Waals surface area contributed by atoms with Crippen molar-refractivity contribution in [3.05, 3.63) is 5.69 Å². The molecule has 2 unspecified atom stereocenters. The van der Waals surface area contributed by atoms with Gasteiger partial charge >= 0.3 is 0 Å². The van der Waals surface area contributed by atoms with E-state index in [1.165, 1.54) is 0 Å². The van der Waals surface area contributed by atoms with Crippen LogP contribution in [0.5, 0.6) is 0 Å². The number of ether oxygens (including phenoxy) is 3. The maximum atomic E-state index is 7.49. The topological polar surface area (TPSA) is 72.0 Å². The number of likely N-dealkylation sites (N-methyl/N-ethyl adjacent to an activating group) is 1. The van der Waals surface area contributed by atoms with Gasteiger partial charge in [0.25, 0.3) is 0 Å². The fraction of sp³-hybridized carbons (Fsp3) is 0.733. The molecule has 0 radical (unpaired) electrons. The molecule has 1 aromatic rings. The number of anilines is 3. The van der Waals surface area contributed by atoms with Gasteiger partial charge in [-0.25, -0.2) is 4.98 Å². The zero-order chi connectivity index (χ0) is 21.4. The third kappa shape index (κ3) is 2.93. The lowest BCUT2D eigenvalue weighted by Gasteiger charge is -2.42. The van der Waals surface area contributed by atoms with Gasteiger partial charge in [0.1, 0.15) is 5.69 Å². The molecule has 1 N–H and O–H groups in total. The number of aromatic nitrogens is 2. The average Bonchev–Trinajstić information content (AvgIpc) is 2.61. The Balaban J connectivity index is 2.02. The summed E-state index contributed by atoms with van der Waals surface area (Å²) in [6.45, 7) is 6.28. The van der Waals surface area contributed by atoms with Crippen LogP contribution in [0.3, 0.4) is 0 Å². The van der Waals surface area contributed by atoms with Crippen molar-refractivity contribution in [1.29, 1.82) is 0 Å². The summed E-state index contributed by atoms with van der Waals surface area (Å²) < 4.78 is 60.4. The van der Waals surface area contributed by atoms with Crippen molar-refractivity contribution in [3.8, 4) is 0 Å². The Bertz CT molecular complexity index is 726. The average molecular weight is 329 g/mol. The second-order valence-corrected chi connectivity index (χ2v) is 5.38. The molecule has 2 atom stereocenters. The van der Waals surface area contributed by atoms with Crippen molar-refractivity contribution in [1.82, 2.24) is 9.97 Å². The Morgan fingerprint density at radius 2 is 2.09 bits per heavy atom. The number of fused-ring (bicyclic) bond motifs is 1. The Morgan fingerprint density at radius 3 is 2.78 bits per heavy atom. The van der Waals surface area contributed by atoms with E-state index in [9.17, 15) is 0 Å². The normalized spacial score (nSPS) is 29.3. The largest absolute Gasteiger partial charge is 0.378 e. The predicted molar refractivity (Wildman–Crippen MR) is 88.0 cm³/mol. The lowest BCUT2D eigenvalue weighted by atomic mass is 10.2. The Kier molecular flexibility index (Phi) is 3.06. The van der Waals surface area contributed by atoms with E-state index in [1.54, 1.807) is 18.7 Å². The summed E-state index contributed by atoms with van der Waals surface area (Å²) in [6.07, 6.45) is -2.49. The zero-order valence-electron chi connectivity index (χ0n) is 19.2. The van der Waals surface area contributed by atoms with Crippen LogP contribution in [0.25, 0.3) is 0 Å². The number of hydrogen-bond acceptors (Lipinski definition) is 8. The van der Waals surface area contributed by atoms with E-state index in [2.05, 4.69) is 15.3 Å². The van der Waals surface area contributed by atoms with Crippen LogP contribution in [0, 0.1) is 6.92 Å². The third-order valence-corrected chi connectivity index (χ3v) is 4.07. The summed E-state index contributed by atoms with van der Waals surface area (Å²) in [5.74, 6) is 0.925. The Hall–Kier alpha value is -1.64. The van der Waals surface area contributed by atoms with Gasteiger partial charge in [-0.2, -0.15) is 4.98 Å². The Morgan fingerprint density at radius 1 is 1.30 bits per heavy atom. The van der Waals surface area contributed by atoms with E-state index in [4.69, 9.17) is 22.4 Å². The van der Waals surface area contributed by atoms with Crippen LogP contribution in [0.15, 0.2) is 0 Å².